The highest BCUT2D eigenvalue weighted by molar-refractivity contribution is 7.89. The van der Waals surface area contributed by atoms with Crippen LogP contribution in [-0.4, -0.2) is 18.2 Å². The monoisotopic (exact) mass is 280 g/mol. The van der Waals surface area contributed by atoms with E-state index in [9.17, 15) is 8.42 Å². The number of hydrogen-bond donors (Lipinski definition) is 2. The maximum atomic E-state index is 12.1. The summed E-state index contributed by atoms with van der Waals surface area (Å²) in [6.07, 6.45) is 3.36. The second-order valence-corrected chi connectivity index (χ2v) is 6.12. The number of nitrogens with two attached hydrogens (primary N) is 1. The number of hydrogen-bond acceptors (Lipinski definition) is 4. The average molecular weight is 280 g/mol. The zero-order valence-electron chi connectivity index (χ0n) is 10.8. The summed E-state index contributed by atoms with van der Waals surface area (Å²) in [6, 6.07) is 4.86. The standard InChI is InChI=1S/C12H16N4O2S/c1-9-3-4-12(11(13)5-9)19(17,18)15-7-10-6-14-16(2)8-10/h3-6,8,15H,7,13H2,1-2H3. The fraction of sp³-hybridized carbons (Fsp3) is 0.250. The second kappa shape index (κ2) is 5.02. The fourth-order valence-corrected chi connectivity index (χ4v) is 2.86. The van der Waals surface area contributed by atoms with Gasteiger partial charge in [-0.1, -0.05) is 6.07 Å². The molecule has 2 rings (SSSR count). The molecule has 3 N–H and O–H groups in total. The quantitative estimate of drug-likeness (QED) is 0.810. The van der Waals surface area contributed by atoms with E-state index in [2.05, 4.69) is 9.82 Å². The van der Waals surface area contributed by atoms with Crippen molar-refractivity contribution in [3.05, 3.63) is 41.7 Å². The van der Waals surface area contributed by atoms with Crippen molar-refractivity contribution >= 4 is 15.7 Å². The lowest BCUT2D eigenvalue weighted by molar-refractivity contribution is 0.581. The van der Waals surface area contributed by atoms with Crippen LogP contribution in [0.25, 0.3) is 0 Å². The third-order valence-electron chi connectivity index (χ3n) is 2.68. The van der Waals surface area contributed by atoms with Crippen LogP contribution in [-0.2, 0) is 23.6 Å². The van der Waals surface area contributed by atoms with E-state index in [0.717, 1.165) is 11.1 Å². The number of nitrogens with zero attached hydrogens (tertiary/aromatic N) is 2. The maximum absolute atomic E-state index is 12.1. The predicted molar refractivity (Wildman–Crippen MR) is 72.8 cm³/mol. The van der Waals surface area contributed by atoms with Crippen LogP contribution in [0.15, 0.2) is 35.5 Å². The molecule has 1 aromatic heterocycles. The average Bonchev–Trinajstić information content (AvgIpc) is 2.72. The molecule has 19 heavy (non-hydrogen) atoms. The molecule has 1 heterocycles. The molecule has 0 bridgehead atoms. The summed E-state index contributed by atoms with van der Waals surface area (Å²) >= 11 is 0. The molecule has 0 fully saturated rings. The highest BCUT2D eigenvalue weighted by Gasteiger charge is 2.17. The second-order valence-electron chi connectivity index (χ2n) is 4.39. The number of nitrogens with one attached hydrogen (secondary N) is 1. The molecule has 0 saturated heterocycles. The van der Waals surface area contributed by atoms with Gasteiger partial charge in [0.05, 0.1) is 11.9 Å². The minimum atomic E-state index is -3.61. The smallest absolute Gasteiger partial charge is 0.242 e. The number of aryl methyl sites for hydroxylation is 2. The number of aromatic nitrogens is 2. The molecule has 0 aliphatic heterocycles. The van der Waals surface area contributed by atoms with Crippen molar-refractivity contribution in [3.8, 4) is 0 Å². The minimum Gasteiger partial charge on any atom is -0.398 e. The molecule has 102 valence electrons. The summed E-state index contributed by atoms with van der Waals surface area (Å²) in [4.78, 5) is 0.0991. The zero-order chi connectivity index (χ0) is 14.0. The summed E-state index contributed by atoms with van der Waals surface area (Å²) in [7, 11) is -1.83. The Morgan fingerprint density at radius 1 is 1.42 bits per heavy atom. The number of sulfonamides is 1. The molecular formula is C12H16N4O2S. The highest BCUT2D eigenvalue weighted by atomic mass is 32.2. The Hall–Kier alpha value is -1.86. The number of rotatable bonds is 4. The Labute approximate surface area is 112 Å². The van der Waals surface area contributed by atoms with Crippen molar-refractivity contribution in [1.82, 2.24) is 14.5 Å². The van der Waals surface area contributed by atoms with Gasteiger partial charge in [-0.2, -0.15) is 5.10 Å². The van der Waals surface area contributed by atoms with Gasteiger partial charge >= 0.3 is 0 Å². The molecule has 0 aliphatic carbocycles. The Balaban J connectivity index is 2.18. The van der Waals surface area contributed by atoms with Crippen molar-refractivity contribution in [3.63, 3.8) is 0 Å². The molecule has 2 aromatic rings. The first-order valence-electron chi connectivity index (χ1n) is 5.72. The van der Waals surface area contributed by atoms with Gasteiger partial charge < -0.3 is 5.73 Å². The van der Waals surface area contributed by atoms with Crippen LogP contribution in [0, 0.1) is 6.92 Å². The van der Waals surface area contributed by atoms with Crippen molar-refractivity contribution in [1.29, 1.82) is 0 Å². The van der Waals surface area contributed by atoms with E-state index in [-0.39, 0.29) is 17.1 Å². The topological polar surface area (TPSA) is 90.0 Å². The van der Waals surface area contributed by atoms with E-state index in [1.165, 1.54) is 6.07 Å². The van der Waals surface area contributed by atoms with Crippen LogP contribution in [0.1, 0.15) is 11.1 Å². The van der Waals surface area contributed by atoms with E-state index in [4.69, 9.17) is 5.73 Å². The summed E-state index contributed by atoms with van der Waals surface area (Å²) in [5.41, 5.74) is 7.70. The largest absolute Gasteiger partial charge is 0.398 e. The van der Waals surface area contributed by atoms with Gasteiger partial charge in [-0.15, -0.1) is 0 Å². The van der Waals surface area contributed by atoms with Gasteiger partial charge in [0, 0.05) is 25.4 Å². The summed E-state index contributed by atoms with van der Waals surface area (Å²) < 4.78 is 28.4. The zero-order valence-corrected chi connectivity index (χ0v) is 11.6. The first-order chi connectivity index (χ1) is 8.88. The number of anilines is 1. The van der Waals surface area contributed by atoms with Crippen LogP contribution < -0.4 is 10.5 Å². The van der Waals surface area contributed by atoms with Crippen LogP contribution in [0.4, 0.5) is 5.69 Å². The van der Waals surface area contributed by atoms with Crippen molar-refractivity contribution in [2.45, 2.75) is 18.4 Å². The molecule has 0 unspecified atom stereocenters. The lowest BCUT2D eigenvalue weighted by atomic mass is 10.2. The van der Waals surface area contributed by atoms with Crippen molar-refractivity contribution in [2.24, 2.45) is 7.05 Å². The van der Waals surface area contributed by atoms with Gasteiger partial charge in [0.1, 0.15) is 4.90 Å². The summed E-state index contributed by atoms with van der Waals surface area (Å²) in [5.74, 6) is 0. The van der Waals surface area contributed by atoms with E-state index in [0.29, 0.717) is 0 Å². The highest BCUT2D eigenvalue weighted by Crippen LogP contribution is 2.19. The molecule has 0 radical (unpaired) electrons. The Morgan fingerprint density at radius 2 is 2.16 bits per heavy atom. The molecule has 7 heteroatoms. The van der Waals surface area contributed by atoms with E-state index in [1.807, 2.05) is 6.92 Å². The van der Waals surface area contributed by atoms with E-state index >= 15 is 0 Å². The Bertz CT molecular complexity index is 692. The molecule has 0 atom stereocenters. The van der Waals surface area contributed by atoms with Gasteiger partial charge in [0.25, 0.3) is 0 Å². The lowest BCUT2D eigenvalue weighted by Gasteiger charge is -2.08. The van der Waals surface area contributed by atoms with Gasteiger partial charge in [0.2, 0.25) is 10.0 Å². The van der Waals surface area contributed by atoms with Gasteiger partial charge in [-0.05, 0) is 24.6 Å². The summed E-state index contributed by atoms with van der Waals surface area (Å²) in [6.45, 7) is 2.04. The Kier molecular flexibility index (Phi) is 3.59. The predicted octanol–water partition coefficient (Wildman–Crippen LogP) is 0.789. The fourth-order valence-electron chi connectivity index (χ4n) is 1.73. The molecule has 1 aromatic carbocycles. The van der Waals surface area contributed by atoms with Crippen LogP contribution in [0.2, 0.25) is 0 Å². The normalized spacial score (nSPS) is 11.7. The first kappa shape index (κ1) is 13.6. The number of benzene rings is 1. The van der Waals surface area contributed by atoms with Crippen molar-refractivity contribution in [2.75, 3.05) is 5.73 Å². The van der Waals surface area contributed by atoms with Gasteiger partial charge in [-0.3, -0.25) is 4.68 Å². The van der Waals surface area contributed by atoms with Crippen LogP contribution in [0.3, 0.4) is 0 Å². The Morgan fingerprint density at radius 3 is 2.74 bits per heavy atom. The van der Waals surface area contributed by atoms with Gasteiger partial charge in [-0.25, -0.2) is 13.1 Å². The molecule has 0 amide bonds. The van der Waals surface area contributed by atoms with Crippen LogP contribution >= 0.6 is 0 Å². The lowest BCUT2D eigenvalue weighted by Crippen LogP contribution is -2.24. The SMILES string of the molecule is Cc1ccc(S(=O)(=O)NCc2cnn(C)c2)c(N)c1. The van der Waals surface area contributed by atoms with Crippen molar-refractivity contribution < 1.29 is 8.42 Å². The molecular weight excluding hydrogens is 264 g/mol. The van der Waals surface area contributed by atoms with Gasteiger partial charge in [0.15, 0.2) is 0 Å². The third kappa shape index (κ3) is 3.12. The molecule has 6 nitrogen and oxygen atoms in total. The molecule has 0 spiro atoms. The summed E-state index contributed by atoms with van der Waals surface area (Å²) in [5, 5.41) is 3.98. The third-order valence-corrected chi connectivity index (χ3v) is 4.15. The maximum Gasteiger partial charge on any atom is 0.242 e. The first-order valence-corrected chi connectivity index (χ1v) is 7.20. The van der Waals surface area contributed by atoms with Crippen LogP contribution in [0.5, 0.6) is 0 Å². The minimum absolute atomic E-state index is 0.0991. The number of nitrogen functional groups attached to an aromatic ring is 1. The van der Waals surface area contributed by atoms with E-state index < -0.39 is 10.0 Å². The van der Waals surface area contributed by atoms with E-state index in [1.54, 1.807) is 36.3 Å². The molecule has 0 saturated carbocycles. The molecule has 0 aliphatic rings.